The molecule has 1 unspecified atom stereocenters. The number of hydrogen-bond donors (Lipinski definition) is 2. The van der Waals surface area contributed by atoms with Gasteiger partial charge in [0.15, 0.2) is 0 Å². The number of likely N-dealkylation sites (tertiary alicyclic amines) is 1. The number of amides is 1. The van der Waals surface area contributed by atoms with E-state index < -0.39 is 0 Å². The molecule has 132 valence electrons. The first-order valence-corrected chi connectivity index (χ1v) is 8.77. The van der Waals surface area contributed by atoms with Crippen LogP contribution in [0, 0.1) is 0 Å². The lowest BCUT2D eigenvalue weighted by Gasteiger charge is -2.32. The van der Waals surface area contributed by atoms with Crippen molar-refractivity contribution >= 4 is 11.7 Å². The van der Waals surface area contributed by atoms with Gasteiger partial charge in [0.25, 0.3) is 0 Å². The Morgan fingerprint density at radius 2 is 2.21 bits per heavy atom. The van der Waals surface area contributed by atoms with Crippen LogP contribution in [0.25, 0.3) is 0 Å². The number of piperidine rings is 1. The van der Waals surface area contributed by atoms with Crippen molar-refractivity contribution in [3.8, 4) is 0 Å². The van der Waals surface area contributed by atoms with Crippen molar-refractivity contribution in [2.45, 2.75) is 38.6 Å². The number of carbonyl (C=O) groups excluding carboxylic acids is 1. The summed E-state index contributed by atoms with van der Waals surface area (Å²) in [6, 6.07) is 0. The molecule has 2 aliphatic heterocycles. The Labute approximate surface area is 143 Å². The lowest BCUT2D eigenvalue weighted by atomic mass is 9.96. The largest absolute Gasteiger partial charge is 0.395 e. The number of hydrogen-bond acceptors (Lipinski definition) is 6. The van der Waals surface area contributed by atoms with E-state index in [9.17, 15) is 4.79 Å². The van der Waals surface area contributed by atoms with E-state index in [1.54, 1.807) is 6.92 Å². The number of fused-ring (bicyclic) bond motifs is 1. The van der Waals surface area contributed by atoms with Crippen molar-refractivity contribution in [1.82, 2.24) is 19.8 Å². The summed E-state index contributed by atoms with van der Waals surface area (Å²) >= 11 is 0. The molecule has 7 nitrogen and oxygen atoms in total. The Morgan fingerprint density at radius 3 is 2.92 bits per heavy atom. The second kappa shape index (κ2) is 7.44. The van der Waals surface area contributed by atoms with Gasteiger partial charge in [-0.05, 0) is 26.4 Å². The van der Waals surface area contributed by atoms with E-state index in [0.29, 0.717) is 25.6 Å². The molecular formula is C17H27N5O2. The van der Waals surface area contributed by atoms with E-state index in [-0.39, 0.29) is 12.5 Å². The SMILES string of the molecule is CC(=O)N1CCc2nc(C3CCCN(C)C3)nc(NCCO)c2C1. The number of anilines is 1. The summed E-state index contributed by atoms with van der Waals surface area (Å²) < 4.78 is 0. The van der Waals surface area contributed by atoms with Gasteiger partial charge in [-0.2, -0.15) is 0 Å². The number of aliphatic hydroxyl groups is 1. The van der Waals surface area contributed by atoms with Crippen LogP contribution < -0.4 is 5.32 Å². The fourth-order valence-electron chi connectivity index (χ4n) is 3.58. The minimum Gasteiger partial charge on any atom is -0.395 e. The Balaban J connectivity index is 1.91. The average molecular weight is 333 g/mol. The quantitative estimate of drug-likeness (QED) is 0.839. The molecule has 1 fully saturated rings. The Hall–Kier alpha value is -1.73. The molecule has 0 radical (unpaired) electrons. The van der Waals surface area contributed by atoms with Gasteiger partial charge in [0.1, 0.15) is 11.6 Å². The number of carbonyl (C=O) groups is 1. The number of aromatic nitrogens is 2. The van der Waals surface area contributed by atoms with Gasteiger partial charge in [-0.1, -0.05) is 0 Å². The van der Waals surface area contributed by atoms with Crippen molar-refractivity contribution in [3.63, 3.8) is 0 Å². The van der Waals surface area contributed by atoms with Gasteiger partial charge in [0.05, 0.1) is 18.8 Å². The lowest BCUT2D eigenvalue weighted by molar-refractivity contribution is -0.129. The molecule has 0 aromatic carbocycles. The summed E-state index contributed by atoms with van der Waals surface area (Å²) in [7, 11) is 2.14. The summed E-state index contributed by atoms with van der Waals surface area (Å²) in [6.45, 7) is 5.47. The third-order valence-electron chi connectivity index (χ3n) is 4.92. The Bertz CT molecular complexity index is 607. The molecule has 1 atom stereocenters. The molecule has 1 amide bonds. The minimum absolute atomic E-state index is 0.0523. The summed E-state index contributed by atoms with van der Waals surface area (Å²) in [5.74, 6) is 2.11. The van der Waals surface area contributed by atoms with Crippen LogP contribution in [0.3, 0.4) is 0 Å². The first kappa shape index (κ1) is 17.1. The number of aliphatic hydroxyl groups excluding tert-OH is 1. The van der Waals surface area contributed by atoms with E-state index in [4.69, 9.17) is 15.1 Å². The molecule has 1 saturated heterocycles. The van der Waals surface area contributed by atoms with E-state index >= 15 is 0 Å². The van der Waals surface area contributed by atoms with Crippen LogP contribution in [0.4, 0.5) is 5.82 Å². The Morgan fingerprint density at radius 1 is 1.38 bits per heavy atom. The Kier molecular flexibility index (Phi) is 5.30. The van der Waals surface area contributed by atoms with Crippen molar-refractivity contribution in [1.29, 1.82) is 0 Å². The normalized spacial score (nSPS) is 21.5. The van der Waals surface area contributed by atoms with Gasteiger partial charge in [-0.15, -0.1) is 0 Å². The predicted octanol–water partition coefficient (Wildman–Crippen LogP) is 0.595. The van der Waals surface area contributed by atoms with Crippen LogP contribution >= 0.6 is 0 Å². The molecule has 1 aromatic heterocycles. The molecule has 0 aliphatic carbocycles. The summed E-state index contributed by atoms with van der Waals surface area (Å²) in [4.78, 5) is 25.5. The first-order valence-electron chi connectivity index (χ1n) is 8.77. The summed E-state index contributed by atoms with van der Waals surface area (Å²) in [5, 5.41) is 12.4. The highest BCUT2D eigenvalue weighted by molar-refractivity contribution is 5.74. The van der Waals surface area contributed by atoms with Gasteiger partial charge < -0.3 is 20.2 Å². The zero-order valence-electron chi connectivity index (χ0n) is 14.6. The fourth-order valence-corrected chi connectivity index (χ4v) is 3.58. The molecule has 0 saturated carbocycles. The van der Waals surface area contributed by atoms with E-state index in [1.165, 1.54) is 6.42 Å². The highest BCUT2D eigenvalue weighted by atomic mass is 16.3. The molecule has 7 heteroatoms. The van der Waals surface area contributed by atoms with Crippen LogP contribution in [-0.2, 0) is 17.8 Å². The number of nitrogens with one attached hydrogen (secondary N) is 1. The van der Waals surface area contributed by atoms with Gasteiger partial charge in [0, 0.05) is 44.5 Å². The van der Waals surface area contributed by atoms with Crippen molar-refractivity contribution in [3.05, 3.63) is 17.1 Å². The van der Waals surface area contributed by atoms with E-state index in [1.807, 2.05) is 4.90 Å². The van der Waals surface area contributed by atoms with Crippen LogP contribution in [-0.4, -0.2) is 70.6 Å². The zero-order chi connectivity index (χ0) is 17.1. The van der Waals surface area contributed by atoms with Crippen molar-refractivity contribution in [2.75, 3.05) is 45.2 Å². The molecule has 24 heavy (non-hydrogen) atoms. The molecule has 1 aromatic rings. The number of rotatable bonds is 4. The molecule has 2 aliphatic rings. The number of likely N-dealkylation sites (N-methyl/N-ethyl adjacent to an activating group) is 1. The third kappa shape index (κ3) is 3.67. The third-order valence-corrected chi connectivity index (χ3v) is 4.92. The maximum absolute atomic E-state index is 11.7. The highest BCUT2D eigenvalue weighted by Crippen LogP contribution is 2.29. The topological polar surface area (TPSA) is 81.6 Å². The second-order valence-corrected chi connectivity index (χ2v) is 6.80. The predicted molar refractivity (Wildman–Crippen MR) is 91.9 cm³/mol. The highest BCUT2D eigenvalue weighted by Gasteiger charge is 2.27. The number of nitrogens with zero attached hydrogens (tertiary/aromatic N) is 4. The fraction of sp³-hybridized carbons (Fsp3) is 0.706. The van der Waals surface area contributed by atoms with Gasteiger partial charge in [-0.25, -0.2) is 9.97 Å². The maximum atomic E-state index is 11.7. The summed E-state index contributed by atoms with van der Waals surface area (Å²) in [5.41, 5.74) is 2.05. The lowest BCUT2D eigenvalue weighted by Crippen LogP contribution is -2.36. The molecular weight excluding hydrogens is 306 g/mol. The summed E-state index contributed by atoms with van der Waals surface area (Å²) in [6.07, 6.45) is 3.04. The smallest absolute Gasteiger partial charge is 0.219 e. The van der Waals surface area contributed by atoms with Crippen LogP contribution in [0.1, 0.15) is 42.8 Å². The van der Waals surface area contributed by atoms with Crippen LogP contribution in [0.2, 0.25) is 0 Å². The van der Waals surface area contributed by atoms with Gasteiger partial charge in [-0.3, -0.25) is 4.79 Å². The zero-order valence-corrected chi connectivity index (χ0v) is 14.6. The van der Waals surface area contributed by atoms with E-state index in [0.717, 1.165) is 48.8 Å². The van der Waals surface area contributed by atoms with E-state index in [2.05, 4.69) is 17.3 Å². The standard InChI is InChI=1S/C17H27N5O2/c1-12(24)22-8-5-15-14(11-22)17(18-6-9-23)20-16(19-15)13-4-3-7-21(2)10-13/h13,23H,3-11H2,1-2H3,(H,18,19,20). The van der Waals surface area contributed by atoms with Crippen molar-refractivity contribution in [2.24, 2.45) is 0 Å². The molecule has 0 bridgehead atoms. The van der Waals surface area contributed by atoms with Gasteiger partial charge in [0.2, 0.25) is 5.91 Å². The van der Waals surface area contributed by atoms with Crippen LogP contribution in [0.5, 0.6) is 0 Å². The molecule has 2 N–H and O–H groups in total. The van der Waals surface area contributed by atoms with Crippen LogP contribution in [0.15, 0.2) is 0 Å². The molecule has 0 spiro atoms. The second-order valence-electron chi connectivity index (χ2n) is 6.80. The maximum Gasteiger partial charge on any atom is 0.219 e. The first-order chi connectivity index (χ1) is 11.6. The molecule has 3 heterocycles. The van der Waals surface area contributed by atoms with Gasteiger partial charge >= 0.3 is 0 Å². The average Bonchev–Trinajstić information content (AvgIpc) is 2.58. The molecule has 3 rings (SSSR count). The van der Waals surface area contributed by atoms with Crippen molar-refractivity contribution < 1.29 is 9.90 Å². The monoisotopic (exact) mass is 333 g/mol. The minimum atomic E-state index is 0.0523.